The number of nitrogens with zero attached hydrogens (tertiary/aromatic N) is 1. The minimum Gasteiger partial charge on any atom is -0.330 e. The molecule has 0 amide bonds. The molecule has 17 heavy (non-hydrogen) atoms. The van der Waals surface area contributed by atoms with Crippen LogP contribution in [0, 0.1) is 5.41 Å². The average Bonchev–Trinajstić information content (AvgIpc) is 2.78. The molecule has 1 aromatic heterocycles. The van der Waals surface area contributed by atoms with Gasteiger partial charge in [0.25, 0.3) is 0 Å². The highest BCUT2D eigenvalue weighted by molar-refractivity contribution is 7.09. The van der Waals surface area contributed by atoms with E-state index < -0.39 is 0 Å². The Morgan fingerprint density at radius 2 is 2.06 bits per heavy atom. The van der Waals surface area contributed by atoms with Crippen molar-refractivity contribution in [2.24, 2.45) is 11.1 Å². The van der Waals surface area contributed by atoms with E-state index in [0.717, 1.165) is 18.9 Å². The quantitative estimate of drug-likeness (QED) is 0.887. The first kappa shape index (κ1) is 13.0. The Hall–Kier alpha value is -0.410. The van der Waals surface area contributed by atoms with Crippen molar-refractivity contribution >= 4 is 11.3 Å². The first-order valence-electron chi connectivity index (χ1n) is 6.75. The number of hydrogen-bond donors (Lipinski definition) is 1. The van der Waals surface area contributed by atoms with Crippen molar-refractivity contribution in [2.75, 3.05) is 6.54 Å². The van der Waals surface area contributed by atoms with E-state index in [1.165, 1.54) is 42.8 Å². The second-order valence-corrected chi connectivity index (χ2v) is 6.95. The molecule has 1 heterocycles. The van der Waals surface area contributed by atoms with Gasteiger partial charge in [-0.2, -0.15) is 0 Å². The molecule has 0 spiro atoms. The fourth-order valence-electron chi connectivity index (χ4n) is 2.50. The molecule has 2 rings (SSSR count). The van der Waals surface area contributed by atoms with Gasteiger partial charge in [0.2, 0.25) is 0 Å². The molecule has 0 saturated heterocycles. The number of hydrogen-bond acceptors (Lipinski definition) is 3. The van der Waals surface area contributed by atoms with Crippen molar-refractivity contribution in [3.63, 3.8) is 0 Å². The predicted octanol–water partition coefficient (Wildman–Crippen LogP) is 3.72. The number of thiazole rings is 1. The summed E-state index contributed by atoms with van der Waals surface area (Å²) in [6.45, 7) is 5.16. The van der Waals surface area contributed by atoms with Gasteiger partial charge in [-0.15, -0.1) is 11.3 Å². The van der Waals surface area contributed by atoms with Crippen molar-refractivity contribution in [1.82, 2.24) is 4.98 Å². The standard InChI is InChI=1S/C14H24N2S/c1-14(2,10-15)8-12-9-17-13(16-12)11-6-4-3-5-7-11/h9,11H,3-8,10,15H2,1-2H3. The van der Waals surface area contributed by atoms with Crippen LogP contribution in [0.4, 0.5) is 0 Å². The van der Waals surface area contributed by atoms with Gasteiger partial charge < -0.3 is 5.73 Å². The van der Waals surface area contributed by atoms with E-state index in [-0.39, 0.29) is 5.41 Å². The predicted molar refractivity (Wildman–Crippen MR) is 74.5 cm³/mol. The molecule has 2 nitrogen and oxygen atoms in total. The fourth-order valence-corrected chi connectivity index (χ4v) is 3.49. The van der Waals surface area contributed by atoms with E-state index in [0.29, 0.717) is 0 Å². The van der Waals surface area contributed by atoms with Crippen LogP contribution >= 0.6 is 11.3 Å². The van der Waals surface area contributed by atoms with E-state index >= 15 is 0 Å². The van der Waals surface area contributed by atoms with Crippen LogP contribution in [0.3, 0.4) is 0 Å². The minimum atomic E-state index is 0.178. The van der Waals surface area contributed by atoms with Gasteiger partial charge in [0.05, 0.1) is 10.7 Å². The molecule has 0 bridgehead atoms. The Kier molecular flexibility index (Phi) is 4.21. The lowest BCUT2D eigenvalue weighted by atomic mass is 9.88. The third-order valence-corrected chi connectivity index (χ3v) is 4.79. The molecule has 0 aromatic carbocycles. The van der Waals surface area contributed by atoms with Crippen LogP contribution in [-0.4, -0.2) is 11.5 Å². The third-order valence-electron chi connectivity index (χ3n) is 3.74. The maximum absolute atomic E-state index is 5.78. The maximum atomic E-state index is 5.78. The van der Waals surface area contributed by atoms with Gasteiger partial charge in [-0.25, -0.2) is 4.98 Å². The summed E-state index contributed by atoms with van der Waals surface area (Å²) in [5, 5.41) is 3.61. The Bertz CT molecular complexity index is 351. The second-order valence-electron chi connectivity index (χ2n) is 6.06. The SMILES string of the molecule is CC(C)(CN)Cc1csc(C2CCCCC2)n1. The number of nitrogens with two attached hydrogens (primary N) is 1. The summed E-state index contributed by atoms with van der Waals surface area (Å²) in [5.41, 5.74) is 7.20. The lowest BCUT2D eigenvalue weighted by molar-refractivity contribution is 0.372. The van der Waals surface area contributed by atoms with Crippen molar-refractivity contribution in [2.45, 2.75) is 58.3 Å². The molecule has 1 aromatic rings. The fraction of sp³-hybridized carbons (Fsp3) is 0.786. The minimum absolute atomic E-state index is 0.178. The molecule has 2 N–H and O–H groups in total. The van der Waals surface area contributed by atoms with Gasteiger partial charge in [0.15, 0.2) is 0 Å². The Morgan fingerprint density at radius 3 is 2.71 bits per heavy atom. The van der Waals surface area contributed by atoms with Crippen molar-refractivity contribution < 1.29 is 0 Å². The summed E-state index contributed by atoms with van der Waals surface area (Å²) in [5.74, 6) is 0.739. The maximum Gasteiger partial charge on any atom is 0.0959 e. The molecule has 3 heteroatoms. The Labute approximate surface area is 109 Å². The van der Waals surface area contributed by atoms with Gasteiger partial charge in [-0.3, -0.25) is 0 Å². The lowest BCUT2D eigenvalue weighted by Gasteiger charge is -2.21. The zero-order valence-corrected chi connectivity index (χ0v) is 11.9. The summed E-state index contributed by atoms with van der Waals surface area (Å²) < 4.78 is 0. The van der Waals surface area contributed by atoms with Crippen molar-refractivity contribution in [3.8, 4) is 0 Å². The summed E-state index contributed by atoms with van der Waals surface area (Å²) in [4.78, 5) is 4.83. The van der Waals surface area contributed by atoms with Crippen LogP contribution < -0.4 is 5.73 Å². The Morgan fingerprint density at radius 1 is 1.35 bits per heavy atom. The second kappa shape index (κ2) is 5.49. The van der Waals surface area contributed by atoms with Crippen LogP contribution in [0.1, 0.15) is 62.6 Å². The van der Waals surface area contributed by atoms with Crippen LogP contribution in [0.5, 0.6) is 0 Å². The van der Waals surface area contributed by atoms with E-state index in [4.69, 9.17) is 10.7 Å². The molecule has 0 unspecified atom stereocenters. The van der Waals surface area contributed by atoms with E-state index in [1.54, 1.807) is 0 Å². The van der Waals surface area contributed by atoms with E-state index in [2.05, 4.69) is 19.2 Å². The first-order valence-corrected chi connectivity index (χ1v) is 7.63. The summed E-state index contributed by atoms with van der Waals surface area (Å²) in [7, 11) is 0. The van der Waals surface area contributed by atoms with Gasteiger partial charge in [-0.1, -0.05) is 33.1 Å². The zero-order valence-electron chi connectivity index (χ0n) is 11.0. The van der Waals surface area contributed by atoms with Crippen LogP contribution in [0.25, 0.3) is 0 Å². The molecule has 0 atom stereocenters. The third kappa shape index (κ3) is 3.52. The van der Waals surface area contributed by atoms with Crippen molar-refractivity contribution in [1.29, 1.82) is 0 Å². The highest BCUT2D eigenvalue weighted by atomic mass is 32.1. The molecule has 0 radical (unpaired) electrons. The monoisotopic (exact) mass is 252 g/mol. The molecule has 1 saturated carbocycles. The summed E-state index contributed by atoms with van der Waals surface area (Å²) >= 11 is 1.86. The van der Waals surface area contributed by atoms with Crippen molar-refractivity contribution in [3.05, 3.63) is 16.1 Å². The Balaban J connectivity index is 2.00. The smallest absolute Gasteiger partial charge is 0.0959 e. The number of rotatable bonds is 4. The first-order chi connectivity index (χ1) is 8.11. The molecular weight excluding hydrogens is 228 g/mol. The summed E-state index contributed by atoms with van der Waals surface area (Å²) in [6, 6.07) is 0. The zero-order chi connectivity index (χ0) is 12.3. The van der Waals surface area contributed by atoms with Crippen LogP contribution in [-0.2, 0) is 6.42 Å². The lowest BCUT2D eigenvalue weighted by Crippen LogP contribution is -2.26. The highest BCUT2D eigenvalue weighted by Gasteiger charge is 2.21. The van der Waals surface area contributed by atoms with E-state index in [1.807, 2.05) is 11.3 Å². The van der Waals surface area contributed by atoms with Gasteiger partial charge in [0.1, 0.15) is 0 Å². The highest BCUT2D eigenvalue weighted by Crippen LogP contribution is 2.34. The van der Waals surface area contributed by atoms with E-state index in [9.17, 15) is 0 Å². The van der Waals surface area contributed by atoms with Crippen LogP contribution in [0.2, 0.25) is 0 Å². The normalized spacial score (nSPS) is 18.5. The molecule has 0 aliphatic heterocycles. The van der Waals surface area contributed by atoms with Gasteiger partial charge >= 0.3 is 0 Å². The van der Waals surface area contributed by atoms with Crippen LogP contribution in [0.15, 0.2) is 5.38 Å². The van der Waals surface area contributed by atoms with Gasteiger partial charge in [0, 0.05) is 11.3 Å². The molecular formula is C14H24N2S. The molecule has 96 valence electrons. The molecule has 1 fully saturated rings. The topological polar surface area (TPSA) is 38.9 Å². The van der Waals surface area contributed by atoms with Gasteiger partial charge in [-0.05, 0) is 31.2 Å². The average molecular weight is 252 g/mol. The molecule has 1 aliphatic carbocycles. The molecule has 1 aliphatic rings. The summed E-state index contributed by atoms with van der Waals surface area (Å²) in [6.07, 6.45) is 7.86. The largest absolute Gasteiger partial charge is 0.330 e. The number of aromatic nitrogens is 1.